The summed E-state index contributed by atoms with van der Waals surface area (Å²) < 4.78 is 20.9. The van der Waals surface area contributed by atoms with Crippen LogP contribution in [0.5, 0.6) is 0 Å². The Bertz CT molecular complexity index is 1320. The van der Waals surface area contributed by atoms with Crippen molar-refractivity contribution in [3.05, 3.63) is 60.2 Å². The highest BCUT2D eigenvalue weighted by Crippen LogP contribution is 2.26. The van der Waals surface area contributed by atoms with E-state index in [1.807, 2.05) is 0 Å². The summed E-state index contributed by atoms with van der Waals surface area (Å²) in [5, 5.41) is 11.4. The van der Waals surface area contributed by atoms with Gasteiger partial charge in [-0.3, -0.25) is 9.48 Å². The van der Waals surface area contributed by atoms with Gasteiger partial charge >= 0.3 is 0 Å². The molecule has 1 aromatic carbocycles. The van der Waals surface area contributed by atoms with E-state index in [0.29, 0.717) is 34.8 Å². The standard InChI is InChI=1S/C28H34FN7O2/c1-2-3-4-5-6-7-8-9-14-26(37)32-24-18-31-28(33-27(24)30)23-17-25(22-15-16-38-35-22)36(34-23)19-20-12-10-11-13-21(20)29/h10-13,15-18H,2-9,14,19H2,1H3,(H,32,37)(H2,30,31,33). The molecular formula is C28H34FN7O2. The number of nitrogens with zero attached hydrogens (tertiary/aromatic N) is 5. The second-order valence-electron chi connectivity index (χ2n) is 9.31. The molecule has 10 heteroatoms. The molecule has 0 bridgehead atoms. The summed E-state index contributed by atoms with van der Waals surface area (Å²) in [6, 6.07) is 9.94. The number of carbonyl (C=O) groups excluding carboxylic acids is 1. The summed E-state index contributed by atoms with van der Waals surface area (Å²) in [4.78, 5) is 21.1. The second kappa shape index (κ2) is 13.5. The molecule has 0 fully saturated rings. The topological polar surface area (TPSA) is 125 Å². The number of amides is 1. The molecular weight excluding hydrogens is 485 g/mol. The minimum absolute atomic E-state index is 0.110. The van der Waals surface area contributed by atoms with E-state index in [2.05, 4.69) is 32.5 Å². The first-order valence-electron chi connectivity index (χ1n) is 13.2. The van der Waals surface area contributed by atoms with Crippen LogP contribution in [-0.2, 0) is 11.3 Å². The van der Waals surface area contributed by atoms with E-state index in [9.17, 15) is 9.18 Å². The first kappa shape index (κ1) is 27.0. The highest BCUT2D eigenvalue weighted by molar-refractivity contribution is 5.93. The van der Waals surface area contributed by atoms with E-state index in [-0.39, 0.29) is 29.9 Å². The lowest BCUT2D eigenvalue weighted by Gasteiger charge is -2.08. The molecule has 0 spiro atoms. The number of nitrogens with two attached hydrogens (primary N) is 1. The number of halogens is 1. The van der Waals surface area contributed by atoms with Gasteiger partial charge in [0.05, 0.1) is 18.4 Å². The monoisotopic (exact) mass is 519 g/mol. The third kappa shape index (κ3) is 7.24. The van der Waals surface area contributed by atoms with Gasteiger partial charge in [0, 0.05) is 18.1 Å². The van der Waals surface area contributed by atoms with Crippen molar-refractivity contribution < 1.29 is 13.7 Å². The highest BCUT2D eigenvalue weighted by Gasteiger charge is 2.18. The van der Waals surface area contributed by atoms with Gasteiger partial charge < -0.3 is 15.6 Å². The molecule has 0 aliphatic heterocycles. The van der Waals surface area contributed by atoms with Crippen LogP contribution in [0.2, 0.25) is 0 Å². The number of anilines is 2. The van der Waals surface area contributed by atoms with Crippen molar-refractivity contribution in [2.45, 2.75) is 71.3 Å². The number of hydrogen-bond acceptors (Lipinski definition) is 7. The lowest BCUT2D eigenvalue weighted by atomic mass is 10.1. The van der Waals surface area contributed by atoms with E-state index in [1.165, 1.54) is 50.6 Å². The van der Waals surface area contributed by atoms with Crippen molar-refractivity contribution in [3.8, 4) is 22.9 Å². The zero-order chi connectivity index (χ0) is 26.7. The number of unbranched alkanes of at least 4 members (excludes halogenated alkanes) is 7. The minimum atomic E-state index is -0.330. The summed E-state index contributed by atoms with van der Waals surface area (Å²) >= 11 is 0. The average Bonchev–Trinajstić information content (AvgIpc) is 3.58. The molecule has 3 heterocycles. The van der Waals surface area contributed by atoms with Gasteiger partial charge in [0.2, 0.25) is 5.91 Å². The fraction of sp³-hybridized carbons (Fsp3) is 0.393. The number of carbonyl (C=O) groups is 1. The number of rotatable bonds is 14. The van der Waals surface area contributed by atoms with Gasteiger partial charge in [-0.15, -0.1) is 0 Å². The Morgan fingerprint density at radius 1 is 1.05 bits per heavy atom. The van der Waals surface area contributed by atoms with E-state index in [0.717, 1.165) is 19.3 Å². The van der Waals surface area contributed by atoms with Crippen LogP contribution in [0.4, 0.5) is 15.9 Å². The summed E-state index contributed by atoms with van der Waals surface area (Å²) in [6.45, 7) is 2.39. The van der Waals surface area contributed by atoms with Crippen LogP contribution in [0.3, 0.4) is 0 Å². The Balaban J connectivity index is 1.40. The SMILES string of the molecule is CCCCCCCCCCC(=O)Nc1cnc(-c2cc(-c3ccon3)n(Cc3ccccc3F)n2)nc1N. The maximum Gasteiger partial charge on any atom is 0.224 e. The van der Waals surface area contributed by atoms with Crippen LogP contribution in [0.1, 0.15) is 70.3 Å². The van der Waals surface area contributed by atoms with E-state index < -0.39 is 0 Å². The van der Waals surface area contributed by atoms with Gasteiger partial charge in [-0.05, 0) is 18.6 Å². The zero-order valence-corrected chi connectivity index (χ0v) is 21.7. The van der Waals surface area contributed by atoms with Gasteiger partial charge in [-0.2, -0.15) is 5.10 Å². The largest absolute Gasteiger partial charge is 0.382 e. The molecule has 3 aromatic heterocycles. The fourth-order valence-corrected chi connectivity index (χ4v) is 4.23. The lowest BCUT2D eigenvalue weighted by Crippen LogP contribution is -2.14. The molecule has 38 heavy (non-hydrogen) atoms. The molecule has 4 aromatic rings. The third-order valence-corrected chi connectivity index (χ3v) is 6.34. The average molecular weight is 520 g/mol. The van der Waals surface area contributed by atoms with Crippen LogP contribution in [-0.4, -0.2) is 30.8 Å². The van der Waals surface area contributed by atoms with Gasteiger partial charge in [-0.1, -0.05) is 75.2 Å². The molecule has 0 saturated heterocycles. The van der Waals surface area contributed by atoms with E-state index >= 15 is 0 Å². The third-order valence-electron chi connectivity index (χ3n) is 6.34. The summed E-state index contributed by atoms with van der Waals surface area (Å²) in [6.07, 6.45) is 12.7. The Hall–Kier alpha value is -4.08. The molecule has 0 aliphatic rings. The quantitative estimate of drug-likeness (QED) is 0.189. The smallest absolute Gasteiger partial charge is 0.224 e. The fourth-order valence-electron chi connectivity index (χ4n) is 4.23. The zero-order valence-electron chi connectivity index (χ0n) is 21.7. The number of benzene rings is 1. The van der Waals surface area contributed by atoms with Crippen molar-refractivity contribution >= 4 is 17.4 Å². The van der Waals surface area contributed by atoms with Gasteiger partial charge in [-0.25, -0.2) is 14.4 Å². The Morgan fingerprint density at radius 3 is 2.53 bits per heavy atom. The molecule has 4 rings (SSSR count). The number of hydrogen-bond donors (Lipinski definition) is 2. The summed E-state index contributed by atoms with van der Waals surface area (Å²) in [7, 11) is 0. The highest BCUT2D eigenvalue weighted by atomic mass is 19.1. The minimum Gasteiger partial charge on any atom is -0.382 e. The van der Waals surface area contributed by atoms with Crippen molar-refractivity contribution in [2.75, 3.05) is 11.1 Å². The Labute approximate surface area is 221 Å². The predicted molar refractivity (Wildman–Crippen MR) is 145 cm³/mol. The molecule has 3 N–H and O–H groups in total. The van der Waals surface area contributed by atoms with E-state index in [4.69, 9.17) is 10.3 Å². The first-order valence-corrected chi connectivity index (χ1v) is 13.2. The molecule has 0 radical (unpaired) electrons. The lowest BCUT2D eigenvalue weighted by molar-refractivity contribution is -0.116. The summed E-state index contributed by atoms with van der Waals surface area (Å²) in [5.41, 5.74) is 8.57. The van der Waals surface area contributed by atoms with Crippen molar-refractivity contribution in [2.24, 2.45) is 0 Å². The Morgan fingerprint density at radius 2 is 1.82 bits per heavy atom. The Kier molecular flexibility index (Phi) is 9.55. The first-order chi connectivity index (χ1) is 18.5. The molecule has 1 amide bonds. The van der Waals surface area contributed by atoms with Crippen LogP contribution in [0.15, 0.2) is 53.4 Å². The van der Waals surface area contributed by atoms with E-state index in [1.54, 1.807) is 35.0 Å². The van der Waals surface area contributed by atoms with Crippen molar-refractivity contribution in [1.82, 2.24) is 24.9 Å². The summed E-state index contributed by atoms with van der Waals surface area (Å²) in [5.74, 6) is -0.0174. The number of nitrogen functional groups attached to an aromatic ring is 1. The van der Waals surface area contributed by atoms with Crippen molar-refractivity contribution in [1.29, 1.82) is 0 Å². The molecule has 0 atom stereocenters. The normalized spacial score (nSPS) is 11.1. The number of nitrogens with one attached hydrogen (secondary N) is 1. The van der Waals surface area contributed by atoms with Gasteiger partial charge in [0.15, 0.2) is 11.6 Å². The maximum absolute atomic E-state index is 14.3. The predicted octanol–water partition coefficient (Wildman–Crippen LogP) is 6.23. The van der Waals surface area contributed by atoms with Crippen LogP contribution < -0.4 is 11.1 Å². The van der Waals surface area contributed by atoms with Gasteiger partial charge in [0.1, 0.15) is 29.2 Å². The molecule has 0 unspecified atom stereocenters. The number of aromatic nitrogens is 5. The van der Waals surface area contributed by atoms with Gasteiger partial charge in [0.25, 0.3) is 0 Å². The van der Waals surface area contributed by atoms with Crippen LogP contribution in [0.25, 0.3) is 22.9 Å². The maximum atomic E-state index is 14.3. The second-order valence-corrected chi connectivity index (χ2v) is 9.31. The van der Waals surface area contributed by atoms with Crippen LogP contribution >= 0.6 is 0 Å². The van der Waals surface area contributed by atoms with Crippen molar-refractivity contribution in [3.63, 3.8) is 0 Å². The molecule has 9 nitrogen and oxygen atoms in total. The molecule has 0 aliphatic carbocycles. The molecule has 0 saturated carbocycles. The molecule has 200 valence electrons. The van der Waals surface area contributed by atoms with Crippen LogP contribution in [0, 0.1) is 5.82 Å².